The molecule has 0 radical (unpaired) electrons. The number of carbonyl (C=O) groups excluding carboxylic acids is 2. The van der Waals surface area contributed by atoms with Gasteiger partial charge < -0.3 is 14.6 Å². The number of aromatic nitrogens is 1. The van der Waals surface area contributed by atoms with Gasteiger partial charge in [-0.2, -0.15) is 0 Å². The molecule has 130 valence electrons. The molecule has 0 aromatic carbocycles. The summed E-state index contributed by atoms with van der Waals surface area (Å²) in [7, 11) is 1.62. The molecule has 0 bridgehead atoms. The van der Waals surface area contributed by atoms with Crippen LogP contribution in [0, 0.1) is 20.8 Å². The fourth-order valence-corrected chi connectivity index (χ4v) is 3.70. The molecular weight excluding hydrogens is 324 g/mol. The number of rotatable bonds is 7. The van der Waals surface area contributed by atoms with E-state index in [1.54, 1.807) is 23.3 Å². The van der Waals surface area contributed by atoms with Gasteiger partial charge in [-0.3, -0.25) is 9.59 Å². The third kappa shape index (κ3) is 3.76. The lowest BCUT2D eigenvalue weighted by Gasteiger charge is -2.23. The second-order valence-electron chi connectivity index (χ2n) is 5.93. The van der Waals surface area contributed by atoms with E-state index in [1.165, 1.54) is 12.5 Å². The first-order valence-electron chi connectivity index (χ1n) is 7.88. The molecule has 0 saturated carbocycles. The smallest absolute Gasteiger partial charge is 0.256 e. The van der Waals surface area contributed by atoms with E-state index in [2.05, 4.69) is 11.1 Å². The van der Waals surface area contributed by atoms with Crippen LogP contribution in [0.1, 0.15) is 49.5 Å². The second kappa shape index (κ2) is 7.77. The zero-order valence-electron chi connectivity index (χ0n) is 14.9. The van der Waals surface area contributed by atoms with E-state index in [1.807, 2.05) is 26.2 Å². The van der Waals surface area contributed by atoms with E-state index < -0.39 is 0 Å². The summed E-state index contributed by atoms with van der Waals surface area (Å²) in [6.07, 6.45) is 0. The molecule has 1 amide bonds. The maximum absolute atomic E-state index is 13.1. The normalized spacial score (nSPS) is 10.9. The van der Waals surface area contributed by atoms with Crippen LogP contribution in [-0.4, -0.2) is 41.8 Å². The lowest BCUT2D eigenvalue weighted by Crippen LogP contribution is -2.34. The number of Topliss-reactive ketones (excluding diaryl/α,β-unsaturated/α-hetero) is 1. The van der Waals surface area contributed by atoms with Gasteiger partial charge in [-0.15, -0.1) is 11.3 Å². The number of nitrogens with zero attached hydrogens (tertiary/aromatic N) is 1. The van der Waals surface area contributed by atoms with Crippen molar-refractivity contribution in [2.45, 2.75) is 34.2 Å². The van der Waals surface area contributed by atoms with Crippen molar-refractivity contribution in [1.82, 2.24) is 9.88 Å². The Morgan fingerprint density at radius 1 is 1.29 bits per heavy atom. The number of thiophene rings is 1. The van der Waals surface area contributed by atoms with Crippen LogP contribution in [0.2, 0.25) is 0 Å². The van der Waals surface area contributed by atoms with Gasteiger partial charge in [-0.1, -0.05) is 0 Å². The zero-order valence-corrected chi connectivity index (χ0v) is 15.7. The minimum atomic E-state index is -0.0707. The highest BCUT2D eigenvalue weighted by Gasteiger charge is 2.25. The average molecular weight is 348 g/mol. The van der Waals surface area contributed by atoms with E-state index >= 15 is 0 Å². The van der Waals surface area contributed by atoms with Gasteiger partial charge in [0, 0.05) is 31.1 Å². The molecule has 6 heteroatoms. The lowest BCUT2D eigenvalue weighted by atomic mass is 10.1. The fourth-order valence-electron chi connectivity index (χ4n) is 2.77. The Labute approximate surface area is 146 Å². The van der Waals surface area contributed by atoms with E-state index in [0.29, 0.717) is 31.0 Å². The number of ketones is 1. The lowest BCUT2D eigenvalue weighted by molar-refractivity contribution is 0.0681. The molecule has 0 spiro atoms. The van der Waals surface area contributed by atoms with Crippen LogP contribution in [0.5, 0.6) is 0 Å². The van der Waals surface area contributed by atoms with E-state index in [4.69, 9.17) is 4.74 Å². The number of amides is 1. The summed E-state index contributed by atoms with van der Waals surface area (Å²) in [5.41, 5.74) is 3.73. The Bertz CT molecular complexity index is 746. The number of ether oxygens (including phenoxy) is 1. The Balaban J connectivity index is 2.34. The van der Waals surface area contributed by atoms with Crippen LogP contribution in [0.25, 0.3) is 0 Å². The van der Waals surface area contributed by atoms with Gasteiger partial charge in [0.2, 0.25) is 0 Å². The van der Waals surface area contributed by atoms with Crippen LogP contribution < -0.4 is 0 Å². The van der Waals surface area contributed by atoms with Crippen molar-refractivity contribution in [2.24, 2.45) is 0 Å². The molecule has 0 unspecified atom stereocenters. The van der Waals surface area contributed by atoms with E-state index in [0.717, 1.165) is 16.1 Å². The number of hydrogen-bond donors (Lipinski definition) is 1. The quantitative estimate of drug-likeness (QED) is 0.779. The number of aryl methyl sites for hydroxylation is 2. The average Bonchev–Trinajstić information content (AvgIpc) is 3.06. The van der Waals surface area contributed by atoms with Gasteiger partial charge >= 0.3 is 0 Å². The standard InChI is InChI=1S/C18H24N2O3S/c1-11-6-9-24-15(11)10-20(7-8-23-5)18(22)16-12(2)17(14(4)21)19-13(16)3/h6,9,19H,7-8,10H2,1-5H3. The predicted molar refractivity (Wildman–Crippen MR) is 95.9 cm³/mol. The van der Waals surface area contributed by atoms with Gasteiger partial charge in [-0.25, -0.2) is 0 Å². The zero-order chi connectivity index (χ0) is 17.9. The minimum Gasteiger partial charge on any atom is -0.383 e. The first-order chi connectivity index (χ1) is 11.4. The van der Waals surface area contributed by atoms with Crippen molar-refractivity contribution in [2.75, 3.05) is 20.3 Å². The van der Waals surface area contributed by atoms with Crippen molar-refractivity contribution in [1.29, 1.82) is 0 Å². The summed E-state index contributed by atoms with van der Waals surface area (Å²) >= 11 is 1.65. The van der Waals surface area contributed by atoms with Crippen LogP contribution in [0.15, 0.2) is 11.4 Å². The molecule has 0 aliphatic carbocycles. The number of H-pyrrole nitrogens is 1. The highest BCUT2D eigenvalue weighted by Crippen LogP contribution is 2.23. The summed E-state index contributed by atoms with van der Waals surface area (Å²) in [5, 5.41) is 2.03. The van der Waals surface area contributed by atoms with E-state index in [9.17, 15) is 9.59 Å². The van der Waals surface area contributed by atoms with Crippen molar-refractivity contribution < 1.29 is 14.3 Å². The molecule has 2 rings (SSSR count). The van der Waals surface area contributed by atoms with Crippen LogP contribution in [0.3, 0.4) is 0 Å². The molecular formula is C18H24N2O3S. The molecule has 0 saturated heterocycles. The Hall–Kier alpha value is -1.92. The highest BCUT2D eigenvalue weighted by atomic mass is 32.1. The Morgan fingerprint density at radius 3 is 2.50 bits per heavy atom. The molecule has 2 aromatic heterocycles. The van der Waals surface area contributed by atoms with Crippen molar-refractivity contribution >= 4 is 23.0 Å². The number of aromatic amines is 1. The predicted octanol–water partition coefficient (Wildman–Crippen LogP) is 3.49. The van der Waals surface area contributed by atoms with Crippen LogP contribution in [0.4, 0.5) is 0 Å². The molecule has 0 aliphatic heterocycles. The van der Waals surface area contributed by atoms with Gasteiger partial charge in [0.05, 0.1) is 24.4 Å². The first kappa shape index (κ1) is 18.4. The van der Waals surface area contributed by atoms with Gasteiger partial charge in [-0.05, 0) is 43.3 Å². The third-order valence-electron chi connectivity index (χ3n) is 4.16. The van der Waals surface area contributed by atoms with Crippen LogP contribution in [-0.2, 0) is 11.3 Å². The number of methoxy groups -OCH3 is 1. The summed E-state index contributed by atoms with van der Waals surface area (Å²) in [6.45, 7) is 8.72. The maximum Gasteiger partial charge on any atom is 0.256 e. The number of nitrogens with one attached hydrogen (secondary N) is 1. The monoisotopic (exact) mass is 348 g/mol. The Morgan fingerprint density at radius 2 is 2.00 bits per heavy atom. The second-order valence-corrected chi connectivity index (χ2v) is 6.93. The molecule has 1 N–H and O–H groups in total. The number of hydrogen-bond acceptors (Lipinski definition) is 4. The molecule has 0 aliphatic rings. The van der Waals surface area contributed by atoms with Crippen molar-refractivity contribution in [3.63, 3.8) is 0 Å². The van der Waals surface area contributed by atoms with Gasteiger partial charge in [0.1, 0.15) is 0 Å². The maximum atomic E-state index is 13.1. The summed E-state index contributed by atoms with van der Waals surface area (Å²) < 4.78 is 5.16. The minimum absolute atomic E-state index is 0.0628. The topological polar surface area (TPSA) is 62.4 Å². The third-order valence-corrected chi connectivity index (χ3v) is 5.17. The van der Waals surface area contributed by atoms with Crippen LogP contribution >= 0.6 is 11.3 Å². The molecule has 2 aromatic rings. The van der Waals surface area contributed by atoms with Gasteiger partial charge in [0.15, 0.2) is 5.78 Å². The molecule has 5 nitrogen and oxygen atoms in total. The summed E-state index contributed by atoms with van der Waals surface area (Å²) in [5.74, 6) is -0.134. The van der Waals surface area contributed by atoms with E-state index in [-0.39, 0.29) is 11.7 Å². The molecule has 24 heavy (non-hydrogen) atoms. The number of carbonyl (C=O) groups is 2. The molecule has 0 atom stereocenters. The highest BCUT2D eigenvalue weighted by molar-refractivity contribution is 7.10. The SMILES string of the molecule is COCCN(Cc1sccc1C)C(=O)c1c(C)[nH]c(C(C)=O)c1C. The fraction of sp³-hybridized carbons (Fsp3) is 0.444. The molecule has 2 heterocycles. The Kier molecular flexibility index (Phi) is 5.96. The summed E-state index contributed by atoms with van der Waals surface area (Å²) in [4.78, 5) is 30.8. The summed E-state index contributed by atoms with van der Waals surface area (Å²) in [6, 6.07) is 2.06. The first-order valence-corrected chi connectivity index (χ1v) is 8.76. The van der Waals surface area contributed by atoms with Crippen molar-refractivity contribution in [3.05, 3.63) is 44.4 Å². The largest absolute Gasteiger partial charge is 0.383 e. The van der Waals surface area contributed by atoms with Crippen molar-refractivity contribution in [3.8, 4) is 0 Å². The molecule has 0 fully saturated rings. The van der Waals surface area contributed by atoms with Gasteiger partial charge in [0.25, 0.3) is 5.91 Å².